The lowest BCUT2D eigenvalue weighted by Crippen LogP contribution is -2.25. The number of carbonyl (C=O) groups excluding carboxylic acids is 1. The van der Waals surface area contributed by atoms with Crippen LogP contribution in [0.3, 0.4) is 0 Å². The summed E-state index contributed by atoms with van der Waals surface area (Å²) < 4.78 is 5.13. The van der Waals surface area contributed by atoms with Crippen LogP contribution >= 0.6 is 11.3 Å². The molecule has 6 nitrogen and oxygen atoms in total. The molecule has 7 heteroatoms. The lowest BCUT2D eigenvalue weighted by atomic mass is 10.4. The minimum Gasteiger partial charge on any atom is -0.382 e. The lowest BCUT2D eigenvalue weighted by molar-refractivity contribution is 0.0943. The first-order chi connectivity index (χ1) is 7.24. The molecular formula is C8H14N4O2S. The number of rotatable bonds is 6. The highest BCUT2D eigenvalue weighted by molar-refractivity contribution is 7.16. The van der Waals surface area contributed by atoms with E-state index in [9.17, 15) is 4.79 Å². The molecule has 15 heavy (non-hydrogen) atoms. The highest BCUT2D eigenvalue weighted by atomic mass is 32.1. The molecule has 0 saturated heterocycles. The Labute approximate surface area is 91.8 Å². The number of hydrogen-bond donors (Lipinski definition) is 2. The summed E-state index contributed by atoms with van der Waals surface area (Å²) in [4.78, 5) is 11.4. The number of nitrogens with one attached hydrogen (secondary N) is 1. The van der Waals surface area contributed by atoms with Crippen LogP contribution in [0.1, 0.15) is 23.1 Å². The van der Waals surface area contributed by atoms with Crippen molar-refractivity contribution in [2.24, 2.45) is 0 Å². The van der Waals surface area contributed by atoms with Crippen molar-refractivity contribution in [3.8, 4) is 0 Å². The van der Waals surface area contributed by atoms with E-state index < -0.39 is 0 Å². The van der Waals surface area contributed by atoms with Gasteiger partial charge in [-0.2, -0.15) is 0 Å². The first-order valence-electron chi connectivity index (χ1n) is 4.69. The van der Waals surface area contributed by atoms with Gasteiger partial charge in [0.2, 0.25) is 10.1 Å². The molecule has 0 atom stereocenters. The Kier molecular flexibility index (Phi) is 4.99. The summed E-state index contributed by atoms with van der Waals surface area (Å²) in [7, 11) is 0. The monoisotopic (exact) mass is 230 g/mol. The topological polar surface area (TPSA) is 90.1 Å². The van der Waals surface area contributed by atoms with E-state index in [4.69, 9.17) is 10.5 Å². The number of nitrogens with zero attached hydrogens (tertiary/aromatic N) is 2. The van der Waals surface area contributed by atoms with E-state index in [1.807, 2.05) is 6.92 Å². The maximum atomic E-state index is 11.4. The van der Waals surface area contributed by atoms with Crippen molar-refractivity contribution in [1.29, 1.82) is 0 Å². The molecule has 84 valence electrons. The highest BCUT2D eigenvalue weighted by Crippen LogP contribution is 2.09. The molecule has 3 N–H and O–H groups in total. The van der Waals surface area contributed by atoms with Gasteiger partial charge in [0.05, 0.1) is 0 Å². The first kappa shape index (κ1) is 11.9. The van der Waals surface area contributed by atoms with Crippen molar-refractivity contribution in [3.63, 3.8) is 0 Å². The van der Waals surface area contributed by atoms with Crippen molar-refractivity contribution >= 4 is 22.4 Å². The van der Waals surface area contributed by atoms with E-state index in [0.717, 1.165) is 17.8 Å². The molecule has 0 aliphatic carbocycles. The normalized spacial score (nSPS) is 10.2. The second-order valence-corrected chi connectivity index (χ2v) is 3.76. The summed E-state index contributed by atoms with van der Waals surface area (Å²) in [6.45, 7) is 3.84. The predicted molar refractivity (Wildman–Crippen MR) is 57.8 cm³/mol. The van der Waals surface area contributed by atoms with Crippen molar-refractivity contribution < 1.29 is 9.53 Å². The fourth-order valence-corrected chi connectivity index (χ4v) is 1.45. The standard InChI is InChI=1S/C8H14N4O2S/c1-2-14-5-3-4-10-6(13)7-11-12-8(9)15-7/h2-5H2,1H3,(H2,9,12)(H,10,13). The molecule has 0 aliphatic rings. The summed E-state index contributed by atoms with van der Waals surface area (Å²) >= 11 is 1.08. The number of anilines is 1. The zero-order valence-corrected chi connectivity index (χ0v) is 9.34. The molecule has 1 aromatic rings. The molecule has 0 spiro atoms. The summed E-state index contributed by atoms with van der Waals surface area (Å²) in [5, 5.41) is 10.5. The number of nitrogens with two attached hydrogens (primary N) is 1. The highest BCUT2D eigenvalue weighted by Gasteiger charge is 2.10. The third-order valence-electron chi connectivity index (χ3n) is 1.59. The van der Waals surface area contributed by atoms with Crippen LogP contribution in [0.5, 0.6) is 0 Å². The van der Waals surface area contributed by atoms with Gasteiger partial charge in [0, 0.05) is 19.8 Å². The van der Waals surface area contributed by atoms with Crippen molar-refractivity contribution in [2.45, 2.75) is 13.3 Å². The van der Waals surface area contributed by atoms with Gasteiger partial charge in [-0.15, -0.1) is 10.2 Å². The number of amides is 1. The van der Waals surface area contributed by atoms with E-state index >= 15 is 0 Å². The molecule has 1 heterocycles. The maximum absolute atomic E-state index is 11.4. The average Bonchev–Trinajstić information content (AvgIpc) is 2.64. The molecule has 0 aromatic carbocycles. The maximum Gasteiger partial charge on any atom is 0.282 e. The molecule has 0 fully saturated rings. The van der Waals surface area contributed by atoms with Gasteiger partial charge in [-0.1, -0.05) is 11.3 Å². The first-order valence-corrected chi connectivity index (χ1v) is 5.50. The zero-order valence-electron chi connectivity index (χ0n) is 8.52. The van der Waals surface area contributed by atoms with Crippen molar-refractivity contribution in [1.82, 2.24) is 15.5 Å². The Morgan fingerprint density at radius 3 is 3.00 bits per heavy atom. The Morgan fingerprint density at radius 2 is 2.40 bits per heavy atom. The number of hydrogen-bond acceptors (Lipinski definition) is 6. The van der Waals surface area contributed by atoms with Crippen LogP contribution in [0, 0.1) is 0 Å². The van der Waals surface area contributed by atoms with Crippen LogP contribution < -0.4 is 11.1 Å². The number of ether oxygens (including phenoxy) is 1. The van der Waals surface area contributed by atoms with Crippen LogP contribution in [0.25, 0.3) is 0 Å². The third-order valence-corrected chi connectivity index (χ3v) is 2.34. The van der Waals surface area contributed by atoms with Gasteiger partial charge in [-0.25, -0.2) is 0 Å². The smallest absolute Gasteiger partial charge is 0.282 e. The van der Waals surface area contributed by atoms with E-state index in [0.29, 0.717) is 29.9 Å². The minimum atomic E-state index is -0.235. The molecule has 1 rings (SSSR count). The van der Waals surface area contributed by atoms with E-state index in [2.05, 4.69) is 15.5 Å². The molecule has 0 saturated carbocycles. The second kappa shape index (κ2) is 6.31. The number of aromatic nitrogens is 2. The summed E-state index contributed by atoms with van der Waals surface area (Å²) in [6, 6.07) is 0. The van der Waals surface area contributed by atoms with E-state index in [1.54, 1.807) is 0 Å². The van der Waals surface area contributed by atoms with E-state index in [1.165, 1.54) is 0 Å². The fraction of sp³-hybridized carbons (Fsp3) is 0.625. The fourth-order valence-electron chi connectivity index (χ4n) is 0.922. The zero-order chi connectivity index (χ0) is 11.1. The molecular weight excluding hydrogens is 216 g/mol. The van der Waals surface area contributed by atoms with Gasteiger partial charge < -0.3 is 15.8 Å². The predicted octanol–water partition coefficient (Wildman–Crippen LogP) is 0.277. The van der Waals surface area contributed by atoms with Crippen molar-refractivity contribution in [2.75, 3.05) is 25.5 Å². The Hall–Kier alpha value is -1.21. The SMILES string of the molecule is CCOCCCNC(=O)c1nnc(N)s1. The van der Waals surface area contributed by atoms with Crippen LogP contribution in [0.4, 0.5) is 5.13 Å². The third kappa shape index (κ3) is 4.22. The van der Waals surface area contributed by atoms with Crippen LogP contribution in [0.2, 0.25) is 0 Å². The van der Waals surface area contributed by atoms with Gasteiger partial charge >= 0.3 is 0 Å². The van der Waals surface area contributed by atoms with Gasteiger partial charge in [-0.05, 0) is 13.3 Å². The average molecular weight is 230 g/mol. The van der Waals surface area contributed by atoms with Gasteiger partial charge in [0.1, 0.15) is 0 Å². The van der Waals surface area contributed by atoms with Crippen LogP contribution in [0.15, 0.2) is 0 Å². The second-order valence-electron chi connectivity index (χ2n) is 2.75. The van der Waals surface area contributed by atoms with Gasteiger partial charge in [-0.3, -0.25) is 4.79 Å². The lowest BCUT2D eigenvalue weighted by Gasteiger charge is -2.02. The quantitative estimate of drug-likeness (QED) is 0.685. The van der Waals surface area contributed by atoms with Crippen LogP contribution in [-0.4, -0.2) is 35.9 Å². The summed E-state index contributed by atoms with van der Waals surface area (Å²) in [6.07, 6.45) is 0.786. The van der Waals surface area contributed by atoms with Gasteiger partial charge in [0.15, 0.2) is 0 Å². The molecule has 0 radical (unpaired) electrons. The van der Waals surface area contributed by atoms with Gasteiger partial charge in [0.25, 0.3) is 5.91 Å². The van der Waals surface area contributed by atoms with Crippen molar-refractivity contribution in [3.05, 3.63) is 5.01 Å². The molecule has 1 amide bonds. The molecule has 0 bridgehead atoms. The Balaban J connectivity index is 2.19. The van der Waals surface area contributed by atoms with E-state index in [-0.39, 0.29) is 5.91 Å². The van der Waals surface area contributed by atoms with Crippen LogP contribution in [-0.2, 0) is 4.74 Å². The minimum absolute atomic E-state index is 0.235. The number of nitrogen functional groups attached to an aromatic ring is 1. The number of carbonyl (C=O) groups is 1. The molecule has 1 aromatic heterocycles. The Bertz CT molecular complexity index is 315. The molecule has 0 unspecified atom stereocenters. The summed E-state index contributed by atoms with van der Waals surface area (Å²) in [5.41, 5.74) is 5.36. The molecule has 0 aliphatic heterocycles. The largest absolute Gasteiger partial charge is 0.382 e. The Morgan fingerprint density at radius 1 is 1.60 bits per heavy atom. The summed E-state index contributed by atoms with van der Waals surface area (Å²) in [5.74, 6) is -0.235.